The molecule has 4 aliphatic heterocycles. The van der Waals surface area contributed by atoms with E-state index < -0.39 is 18.1 Å². The summed E-state index contributed by atoms with van der Waals surface area (Å²) in [5, 5.41) is 3.05. The molecule has 10 atom stereocenters. The van der Waals surface area contributed by atoms with Crippen molar-refractivity contribution in [1.29, 1.82) is 0 Å². The number of likely N-dealkylation sites (tertiary alicyclic amines) is 1. The van der Waals surface area contributed by atoms with E-state index in [1.807, 2.05) is 6.20 Å². The number of morpholine rings is 1. The summed E-state index contributed by atoms with van der Waals surface area (Å²) in [4.78, 5) is 36.8. The van der Waals surface area contributed by atoms with E-state index in [2.05, 4.69) is 32.0 Å². The van der Waals surface area contributed by atoms with Crippen LogP contribution in [0.1, 0.15) is 57.8 Å². The van der Waals surface area contributed by atoms with Gasteiger partial charge in [-0.15, -0.1) is 0 Å². The molecule has 6 fully saturated rings. The maximum Gasteiger partial charge on any atom is 0.256 e. The monoisotopic (exact) mass is 586 g/mol. The van der Waals surface area contributed by atoms with Crippen molar-refractivity contribution in [2.75, 3.05) is 59.4 Å². The number of halogens is 1. The fourth-order valence-electron chi connectivity index (χ4n) is 9.69. The number of nitrogens with one attached hydrogen (secondary N) is 1. The van der Waals surface area contributed by atoms with Crippen molar-refractivity contribution in [2.24, 2.45) is 23.5 Å². The zero-order valence-electron chi connectivity index (χ0n) is 25.3. The highest BCUT2D eigenvalue weighted by Gasteiger charge is 2.61. The van der Waals surface area contributed by atoms with Crippen LogP contribution in [0.15, 0.2) is 11.8 Å². The summed E-state index contributed by atoms with van der Waals surface area (Å²) < 4.78 is 23.3. The van der Waals surface area contributed by atoms with Gasteiger partial charge in [0.15, 0.2) is 5.78 Å². The standard InChI is InChI=1S/C32H51FN6O3/c1-36-13-15-37(16-14-36)11-4-10-35-32(41)24-19-39-26-8-7-20-5-2-3-6-22(20)30(26)42-31-27(39)23(29(24)40)17-25(33)28(31)38-12-9-21(34)18-38/h19-23,25-28,30-31H,2-18,34H2,1H3,(H,35,41)/t20?,21-,22?,23?,25?,26?,27?,28?,30?,31?/m1/s1. The molecule has 3 saturated carbocycles. The second-order valence-electron chi connectivity index (χ2n) is 14.4. The summed E-state index contributed by atoms with van der Waals surface area (Å²) in [6, 6.07) is -0.419. The Morgan fingerprint density at radius 2 is 1.86 bits per heavy atom. The van der Waals surface area contributed by atoms with Crippen LogP contribution >= 0.6 is 0 Å². The van der Waals surface area contributed by atoms with E-state index in [4.69, 9.17) is 10.5 Å². The third kappa shape index (κ3) is 5.33. The molecule has 4 heterocycles. The molecule has 0 aromatic carbocycles. The van der Waals surface area contributed by atoms with E-state index in [0.717, 1.165) is 65.0 Å². The molecule has 0 aromatic heterocycles. The number of hydrogen-bond donors (Lipinski definition) is 2. The van der Waals surface area contributed by atoms with E-state index in [-0.39, 0.29) is 54.0 Å². The number of fused-ring (bicyclic) bond motifs is 4. The first-order valence-electron chi connectivity index (χ1n) is 16.9. The summed E-state index contributed by atoms with van der Waals surface area (Å²) >= 11 is 0. The molecule has 0 aromatic rings. The van der Waals surface area contributed by atoms with Gasteiger partial charge in [0.05, 0.1) is 35.9 Å². The van der Waals surface area contributed by atoms with Crippen LogP contribution in [0.4, 0.5) is 4.39 Å². The third-order valence-electron chi connectivity index (χ3n) is 11.9. The second-order valence-corrected chi connectivity index (χ2v) is 14.4. The molecule has 234 valence electrons. The number of carbonyl (C=O) groups is 2. The molecule has 7 aliphatic rings. The first-order chi connectivity index (χ1) is 20.4. The first kappa shape index (κ1) is 29.1. The van der Waals surface area contributed by atoms with E-state index in [1.54, 1.807) is 0 Å². The molecule has 3 N–H and O–H groups in total. The molecule has 9 unspecified atom stereocenters. The third-order valence-corrected chi connectivity index (χ3v) is 11.9. The van der Waals surface area contributed by atoms with Crippen LogP contribution in [0.25, 0.3) is 0 Å². The number of hydrogen-bond acceptors (Lipinski definition) is 8. The van der Waals surface area contributed by atoms with Crippen molar-refractivity contribution >= 4 is 11.7 Å². The molecule has 3 saturated heterocycles. The van der Waals surface area contributed by atoms with Crippen LogP contribution in [-0.2, 0) is 14.3 Å². The lowest BCUT2D eigenvalue weighted by Gasteiger charge is -2.62. The van der Waals surface area contributed by atoms with Gasteiger partial charge in [-0.05, 0) is 64.0 Å². The minimum atomic E-state index is -1.18. The highest BCUT2D eigenvalue weighted by atomic mass is 19.1. The Morgan fingerprint density at radius 1 is 1.05 bits per heavy atom. The predicted octanol–water partition coefficient (Wildman–Crippen LogP) is 1.37. The summed E-state index contributed by atoms with van der Waals surface area (Å²) in [6.07, 6.45) is 9.26. The molecular formula is C32H51FN6O3. The first-order valence-corrected chi connectivity index (χ1v) is 16.9. The minimum Gasteiger partial charge on any atom is -0.369 e. The van der Waals surface area contributed by atoms with Crippen molar-refractivity contribution in [3.63, 3.8) is 0 Å². The summed E-state index contributed by atoms with van der Waals surface area (Å²) in [6.45, 7) is 7.16. The predicted molar refractivity (Wildman–Crippen MR) is 158 cm³/mol. The fraction of sp³-hybridized carbons (Fsp3) is 0.875. The number of ether oxygens (including phenoxy) is 1. The van der Waals surface area contributed by atoms with E-state index in [0.29, 0.717) is 24.9 Å². The van der Waals surface area contributed by atoms with Gasteiger partial charge in [-0.25, -0.2) is 4.39 Å². The van der Waals surface area contributed by atoms with E-state index in [9.17, 15) is 9.59 Å². The SMILES string of the molecule is CN1CCN(CCCNC(=O)C2=CN3C4CCC5CCCCC5C4OC4C(N5CC[C@@H](N)C5)C(F)CC(C2=O)C43)CC1. The van der Waals surface area contributed by atoms with E-state index in [1.165, 1.54) is 25.7 Å². The lowest BCUT2D eigenvalue weighted by molar-refractivity contribution is -0.231. The Bertz CT molecular complexity index is 1050. The lowest BCUT2D eigenvalue weighted by Crippen LogP contribution is -2.74. The van der Waals surface area contributed by atoms with E-state index >= 15 is 4.39 Å². The summed E-state index contributed by atoms with van der Waals surface area (Å²) in [5.74, 6) is 0.0698. The number of amides is 1. The smallest absolute Gasteiger partial charge is 0.256 e. The van der Waals surface area contributed by atoms with Gasteiger partial charge in [0.2, 0.25) is 0 Å². The molecule has 0 radical (unpaired) electrons. The van der Waals surface area contributed by atoms with Crippen molar-refractivity contribution in [3.05, 3.63) is 11.8 Å². The van der Waals surface area contributed by atoms with Crippen LogP contribution in [0.2, 0.25) is 0 Å². The zero-order valence-corrected chi connectivity index (χ0v) is 25.3. The largest absolute Gasteiger partial charge is 0.369 e. The fourth-order valence-corrected chi connectivity index (χ4v) is 9.69. The number of Topliss-reactive ketones (excluding diaryl/α,β-unsaturated/α-hetero) is 1. The van der Waals surface area contributed by atoms with Crippen LogP contribution in [0, 0.1) is 17.8 Å². The minimum absolute atomic E-state index is 0.0207. The topological polar surface area (TPSA) is 94.4 Å². The molecular weight excluding hydrogens is 535 g/mol. The number of likely N-dealkylation sites (N-methyl/N-ethyl adjacent to an activating group) is 1. The van der Waals surface area contributed by atoms with Gasteiger partial charge in [-0.1, -0.05) is 19.3 Å². The average Bonchev–Trinajstić information content (AvgIpc) is 3.42. The maximum absolute atomic E-state index is 16.2. The maximum atomic E-state index is 16.2. The Balaban J connectivity index is 1.12. The highest BCUT2D eigenvalue weighted by molar-refractivity contribution is 6.20. The number of nitrogens with two attached hydrogens (primary N) is 1. The van der Waals surface area contributed by atoms with Crippen molar-refractivity contribution in [3.8, 4) is 0 Å². The molecule has 7 rings (SSSR count). The summed E-state index contributed by atoms with van der Waals surface area (Å²) in [5.41, 5.74) is 6.49. The van der Waals surface area contributed by atoms with Gasteiger partial charge in [0, 0.05) is 64.0 Å². The number of rotatable bonds is 6. The number of nitrogens with zero attached hydrogens (tertiary/aromatic N) is 4. The average molecular weight is 587 g/mol. The van der Waals surface area contributed by atoms with Gasteiger partial charge < -0.3 is 30.5 Å². The zero-order chi connectivity index (χ0) is 29.0. The van der Waals surface area contributed by atoms with Crippen molar-refractivity contribution < 1.29 is 18.7 Å². The van der Waals surface area contributed by atoms with Gasteiger partial charge in [0.1, 0.15) is 6.17 Å². The van der Waals surface area contributed by atoms with Gasteiger partial charge in [-0.3, -0.25) is 14.5 Å². The Morgan fingerprint density at radius 3 is 2.64 bits per heavy atom. The molecule has 0 bridgehead atoms. The number of piperazine rings is 1. The molecule has 1 amide bonds. The Labute approximate surface area is 250 Å². The quantitative estimate of drug-likeness (QED) is 0.356. The molecule has 0 spiro atoms. The van der Waals surface area contributed by atoms with Crippen LogP contribution in [-0.4, -0.2) is 133 Å². The Kier molecular flexibility index (Phi) is 8.37. The van der Waals surface area contributed by atoms with Crippen LogP contribution in [0.5, 0.6) is 0 Å². The molecule has 42 heavy (non-hydrogen) atoms. The number of ketones is 1. The van der Waals surface area contributed by atoms with Crippen LogP contribution in [0.3, 0.4) is 0 Å². The van der Waals surface area contributed by atoms with Crippen molar-refractivity contribution in [1.82, 2.24) is 24.9 Å². The van der Waals surface area contributed by atoms with Crippen molar-refractivity contribution in [2.45, 2.75) is 100 Å². The second kappa shape index (κ2) is 12.1. The van der Waals surface area contributed by atoms with Crippen LogP contribution < -0.4 is 11.1 Å². The molecule has 10 heteroatoms. The number of alkyl halides is 1. The van der Waals surface area contributed by atoms with Gasteiger partial charge in [-0.2, -0.15) is 0 Å². The summed E-state index contributed by atoms with van der Waals surface area (Å²) in [7, 11) is 2.15. The normalized spacial score (nSPS) is 42.9. The lowest BCUT2D eigenvalue weighted by atomic mass is 9.64. The highest BCUT2D eigenvalue weighted by Crippen LogP contribution is 2.51. The van der Waals surface area contributed by atoms with Gasteiger partial charge >= 0.3 is 0 Å². The Hall–Kier alpha value is -1.59. The molecule has 3 aliphatic carbocycles. The number of carbonyl (C=O) groups excluding carboxylic acids is 2. The van der Waals surface area contributed by atoms with Gasteiger partial charge in [0.25, 0.3) is 5.91 Å². The molecule has 9 nitrogen and oxygen atoms in total.